The summed E-state index contributed by atoms with van der Waals surface area (Å²) in [5.41, 5.74) is 8.05. The minimum Gasteiger partial charge on any atom is -0.377 e. The Balaban J connectivity index is 1.76. The van der Waals surface area contributed by atoms with Crippen molar-refractivity contribution in [2.45, 2.75) is 12.6 Å². The van der Waals surface area contributed by atoms with Crippen molar-refractivity contribution in [3.63, 3.8) is 0 Å². The summed E-state index contributed by atoms with van der Waals surface area (Å²) in [5, 5.41) is 0.105. The largest absolute Gasteiger partial charge is 0.377 e. The van der Waals surface area contributed by atoms with Gasteiger partial charge in [-0.2, -0.15) is 0 Å². The molecule has 1 heterocycles. The van der Waals surface area contributed by atoms with Crippen molar-refractivity contribution in [1.82, 2.24) is 4.90 Å². The first kappa shape index (κ1) is 16.7. The molecular formula is C18H19ClFN3O. The fourth-order valence-corrected chi connectivity index (χ4v) is 2.85. The van der Waals surface area contributed by atoms with Gasteiger partial charge >= 0.3 is 0 Å². The van der Waals surface area contributed by atoms with E-state index in [4.69, 9.17) is 22.1 Å². The van der Waals surface area contributed by atoms with E-state index < -0.39 is 5.82 Å². The van der Waals surface area contributed by atoms with E-state index in [1.165, 1.54) is 12.1 Å². The fraction of sp³-hybridized carbons (Fsp3) is 0.278. The van der Waals surface area contributed by atoms with Crippen LogP contribution < -0.4 is 5.73 Å². The zero-order valence-electron chi connectivity index (χ0n) is 13.2. The molecule has 0 aromatic heterocycles. The third-order valence-corrected chi connectivity index (χ3v) is 4.32. The van der Waals surface area contributed by atoms with Crippen molar-refractivity contribution in [1.29, 1.82) is 0 Å². The Morgan fingerprint density at radius 3 is 2.83 bits per heavy atom. The Labute approximate surface area is 145 Å². The van der Waals surface area contributed by atoms with E-state index in [9.17, 15) is 4.39 Å². The summed E-state index contributed by atoms with van der Waals surface area (Å²) < 4.78 is 19.1. The molecule has 0 bridgehead atoms. The maximum absolute atomic E-state index is 13.5. The van der Waals surface area contributed by atoms with Gasteiger partial charge in [0.15, 0.2) is 5.96 Å². The summed E-state index contributed by atoms with van der Waals surface area (Å²) in [7, 11) is 0. The van der Waals surface area contributed by atoms with Gasteiger partial charge in [0, 0.05) is 6.54 Å². The molecule has 1 fully saturated rings. The molecular weight excluding hydrogens is 329 g/mol. The SMILES string of the molecule is NC(=NCc1ccc(Cl)c(F)c1)N1CCOCC1c1ccccc1. The van der Waals surface area contributed by atoms with Crippen molar-refractivity contribution in [3.8, 4) is 0 Å². The van der Waals surface area contributed by atoms with Crippen LogP contribution >= 0.6 is 11.6 Å². The topological polar surface area (TPSA) is 50.8 Å². The van der Waals surface area contributed by atoms with Crippen LogP contribution in [0.15, 0.2) is 53.5 Å². The summed E-state index contributed by atoms with van der Waals surface area (Å²) in [6.07, 6.45) is 0. The van der Waals surface area contributed by atoms with Crippen molar-refractivity contribution < 1.29 is 9.13 Å². The lowest BCUT2D eigenvalue weighted by Crippen LogP contribution is -2.47. The molecule has 126 valence electrons. The van der Waals surface area contributed by atoms with Gasteiger partial charge < -0.3 is 15.4 Å². The Bertz CT molecular complexity index is 723. The van der Waals surface area contributed by atoms with E-state index >= 15 is 0 Å². The standard InChI is InChI=1S/C18H19ClFN3O/c19-15-7-6-13(10-16(15)20)11-22-18(21)23-8-9-24-12-17(23)14-4-2-1-3-5-14/h1-7,10,17H,8-9,11-12H2,(H2,21,22). The Morgan fingerprint density at radius 2 is 2.08 bits per heavy atom. The zero-order valence-corrected chi connectivity index (χ0v) is 13.9. The average molecular weight is 348 g/mol. The molecule has 2 aromatic rings. The van der Waals surface area contributed by atoms with Gasteiger partial charge in [-0.25, -0.2) is 9.38 Å². The van der Waals surface area contributed by atoms with E-state index in [0.717, 1.165) is 11.1 Å². The quantitative estimate of drug-likeness (QED) is 0.684. The summed E-state index contributed by atoms with van der Waals surface area (Å²) in [4.78, 5) is 6.45. The third kappa shape index (κ3) is 3.86. The molecule has 0 saturated carbocycles. The van der Waals surface area contributed by atoms with E-state index in [0.29, 0.717) is 32.3 Å². The second-order valence-electron chi connectivity index (χ2n) is 5.62. The number of hydrogen-bond acceptors (Lipinski definition) is 2. The summed E-state index contributed by atoms with van der Waals surface area (Å²) in [6.45, 7) is 2.15. The van der Waals surface area contributed by atoms with Gasteiger partial charge in [0.2, 0.25) is 0 Å². The van der Waals surface area contributed by atoms with Crippen LogP contribution in [0.5, 0.6) is 0 Å². The first-order valence-electron chi connectivity index (χ1n) is 7.78. The van der Waals surface area contributed by atoms with Crippen LogP contribution in [0.25, 0.3) is 0 Å². The second-order valence-corrected chi connectivity index (χ2v) is 6.02. The molecule has 1 unspecified atom stereocenters. The van der Waals surface area contributed by atoms with Gasteiger partial charge in [-0.3, -0.25) is 0 Å². The number of nitrogens with two attached hydrogens (primary N) is 1. The number of nitrogens with zero attached hydrogens (tertiary/aromatic N) is 2. The lowest BCUT2D eigenvalue weighted by molar-refractivity contribution is 0.0251. The first-order chi connectivity index (χ1) is 11.6. The number of ether oxygens (including phenoxy) is 1. The number of guanidine groups is 1. The molecule has 1 saturated heterocycles. The summed E-state index contributed by atoms with van der Waals surface area (Å²) in [5.74, 6) is -0.0148. The predicted molar refractivity (Wildman–Crippen MR) is 93.4 cm³/mol. The first-order valence-corrected chi connectivity index (χ1v) is 8.16. The Morgan fingerprint density at radius 1 is 1.29 bits per heavy atom. The van der Waals surface area contributed by atoms with Gasteiger partial charge in [0.1, 0.15) is 5.82 Å². The number of hydrogen-bond donors (Lipinski definition) is 1. The smallest absolute Gasteiger partial charge is 0.192 e. The lowest BCUT2D eigenvalue weighted by Gasteiger charge is -2.36. The van der Waals surface area contributed by atoms with E-state index in [1.807, 2.05) is 35.2 Å². The molecule has 2 N–H and O–H groups in total. The molecule has 2 aromatic carbocycles. The van der Waals surface area contributed by atoms with E-state index in [1.54, 1.807) is 6.07 Å². The van der Waals surface area contributed by atoms with Gasteiger partial charge in [-0.1, -0.05) is 48.0 Å². The Hall–Kier alpha value is -2.11. The highest BCUT2D eigenvalue weighted by Crippen LogP contribution is 2.24. The number of morpholine rings is 1. The predicted octanol–water partition coefficient (Wildman–Crippen LogP) is 3.37. The molecule has 24 heavy (non-hydrogen) atoms. The van der Waals surface area contributed by atoms with E-state index in [2.05, 4.69) is 4.99 Å². The average Bonchev–Trinajstić information content (AvgIpc) is 2.63. The van der Waals surface area contributed by atoms with Crippen LogP contribution in [0, 0.1) is 5.82 Å². The highest BCUT2D eigenvalue weighted by molar-refractivity contribution is 6.30. The second kappa shape index (κ2) is 7.64. The van der Waals surface area contributed by atoms with Gasteiger partial charge in [0.05, 0.1) is 30.8 Å². The molecule has 0 amide bonds. The molecule has 0 spiro atoms. The summed E-state index contributed by atoms with van der Waals surface area (Å²) >= 11 is 5.69. The van der Waals surface area contributed by atoms with E-state index in [-0.39, 0.29) is 11.1 Å². The normalized spacial score (nSPS) is 18.7. The maximum atomic E-state index is 13.5. The van der Waals surface area contributed by atoms with Gasteiger partial charge in [-0.05, 0) is 23.3 Å². The van der Waals surface area contributed by atoms with Crippen LogP contribution in [-0.4, -0.2) is 30.6 Å². The maximum Gasteiger partial charge on any atom is 0.192 e. The van der Waals surface area contributed by atoms with Crippen molar-refractivity contribution >= 4 is 17.6 Å². The fourth-order valence-electron chi connectivity index (χ4n) is 2.73. The molecule has 1 aliphatic rings. The molecule has 0 aliphatic carbocycles. The van der Waals surface area contributed by atoms with Gasteiger partial charge in [0.25, 0.3) is 0 Å². The Kier molecular flexibility index (Phi) is 5.33. The van der Waals surface area contributed by atoms with Crippen molar-refractivity contribution in [2.24, 2.45) is 10.7 Å². The molecule has 4 nitrogen and oxygen atoms in total. The molecule has 1 aliphatic heterocycles. The highest BCUT2D eigenvalue weighted by Gasteiger charge is 2.25. The lowest BCUT2D eigenvalue weighted by atomic mass is 10.1. The van der Waals surface area contributed by atoms with Crippen LogP contribution in [-0.2, 0) is 11.3 Å². The number of benzene rings is 2. The monoisotopic (exact) mass is 347 g/mol. The summed E-state index contributed by atoms with van der Waals surface area (Å²) in [6, 6.07) is 14.7. The minimum atomic E-state index is -0.448. The van der Waals surface area contributed by atoms with Crippen molar-refractivity contribution in [2.75, 3.05) is 19.8 Å². The molecule has 1 atom stereocenters. The minimum absolute atomic E-state index is 0.0330. The number of rotatable bonds is 3. The highest BCUT2D eigenvalue weighted by atomic mass is 35.5. The molecule has 3 rings (SSSR count). The number of halogens is 2. The molecule has 6 heteroatoms. The zero-order chi connectivity index (χ0) is 16.9. The van der Waals surface area contributed by atoms with Crippen LogP contribution in [0.4, 0.5) is 4.39 Å². The van der Waals surface area contributed by atoms with Crippen LogP contribution in [0.3, 0.4) is 0 Å². The molecule has 0 radical (unpaired) electrons. The van der Waals surface area contributed by atoms with Crippen molar-refractivity contribution in [3.05, 3.63) is 70.5 Å². The van der Waals surface area contributed by atoms with Crippen LogP contribution in [0.1, 0.15) is 17.2 Å². The third-order valence-electron chi connectivity index (χ3n) is 4.01. The number of aliphatic imine (C=N–C) groups is 1. The van der Waals surface area contributed by atoms with Crippen LogP contribution in [0.2, 0.25) is 5.02 Å². The van der Waals surface area contributed by atoms with Gasteiger partial charge in [-0.15, -0.1) is 0 Å².